The average molecular weight is 481 g/mol. The van der Waals surface area contributed by atoms with Gasteiger partial charge in [0.05, 0.1) is 28.8 Å². The Morgan fingerprint density at radius 2 is 1.81 bits per heavy atom. The number of carbonyl (C=O) groups is 1. The first kappa shape index (κ1) is 23.1. The number of hydrogen-bond donors (Lipinski definition) is 2. The predicted octanol–water partition coefficient (Wildman–Crippen LogP) is 3.47. The Balaban J connectivity index is 1.78. The van der Waals surface area contributed by atoms with Crippen molar-refractivity contribution >= 4 is 50.5 Å². The zero-order valence-corrected chi connectivity index (χ0v) is 18.5. The van der Waals surface area contributed by atoms with Crippen LogP contribution in [0.4, 0.5) is 11.4 Å². The second-order valence-electron chi connectivity index (χ2n) is 6.43. The van der Waals surface area contributed by atoms with E-state index in [9.17, 15) is 18.5 Å². The van der Waals surface area contributed by atoms with Crippen molar-refractivity contribution < 1.29 is 17.9 Å². The number of hydrogen-bond acceptors (Lipinski definition) is 6. The fourth-order valence-corrected chi connectivity index (χ4v) is 4.47. The number of morpholine rings is 1. The molecular formula is C20H18Cl2N4O4S. The largest absolute Gasteiger partial charge is 0.379 e. The fraction of sp³-hybridized carbons (Fsp3) is 0.200. The second kappa shape index (κ2) is 10.1. The van der Waals surface area contributed by atoms with Crippen LogP contribution in [0, 0.1) is 11.3 Å². The Labute approximate surface area is 190 Å². The Hall–Kier alpha value is -2.61. The number of rotatable bonds is 6. The van der Waals surface area contributed by atoms with E-state index in [-0.39, 0.29) is 34.3 Å². The fourth-order valence-electron chi connectivity index (χ4n) is 2.74. The molecule has 1 saturated heterocycles. The van der Waals surface area contributed by atoms with E-state index in [1.165, 1.54) is 22.5 Å². The third kappa shape index (κ3) is 5.76. The van der Waals surface area contributed by atoms with Gasteiger partial charge in [-0.2, -0.15) is 9.57 Å². The van der Waals surface area contributed by atoms with Gasteiger partial charge in [-0.25, -0.2) is 8.42 Å². The van der Waals surface area contributed by atoms with Crippen molar-refractivity contribution in [3.05, 3.63) is 64.3 Å². The van der Waals surface area contributed by atoms with Crippen LogP contribution in [-0.4, -0.2) is 44.9 Å². The summed E-state index contributed by atoms with van der Waals surface area (Å²) in [6.07, 6.45) is 1.16. The van der Waals surface area contributed by atoms with Gasteiger partial charge in [-0.15, -0.1) is 0 Å². The number of anilines is 2. The minimum Gasteiger partial charge on any atom is -0.379 e. The average Bonchev–Trinajstić information content (AvgIpc) is 2.77. The number of carbonyl (C=O) groups excluding carboxylic acids is 1. The Morgan fingerprint density at radius 1 is 1.13 bits per heavy atom. The van der Waals surface area contributed by atoms with Crippen molar-refractivity contribution in [2.24, 2.45) is 0 Å². The van der Waals surface area contributed by atoms with E-state index in [4.69, 9.17) is 27.9 Å². The summed E-state index contributed by atoms with van der Waals surface area (Å²) in [4.78, 5) is 12.4. The number of nitrogens with zero attached hydrogens (tertiary/aromatic N) is 2. The summed E-state index contributed by atoms with van der Waals surface area (Å²) in [7, 11) is -3.73. The molecule has 1 aliphatic heterocycles. The number of amides is 1. The molecule has 1 aliphatic rings. The molecule has 3 rings (SSSR count). The molecular weight excluding hydrogens is 463 g/mol. The molecule has 0 aliphatic carbocycles. The maximum atomic E-state index is 12.8. The lowest BCUT2D eigenvalue weighted by molar-refractivity contribution is -0.112. The number of benzene rings is 2. The lowest BCUT2D eigenvalue weighted by Crippen LogP contribution is -2.40. The van der Waals surface area contributed by atoms with Crippen LogP contribution in [0.25, 0.3) is 0 Å². The molecule has 1 heterocycles. The molecule has 31 heavy (non-hydrogen) atoms. The highest BCUT2D eigenvalue weighted by Crippen LogP contribution is 2.27. The summed E-state index contributed by atoms with van der Waals surface area (Å²) in [5.41, 5.74) is 0.475. The lowest BCUT2D eigenvalue weighted by Gasteiger charge is -2.26. The van der Waals surface area contributed by atoms with Crippen LogP contribution < -0.4 is 10.6 Å². The minimum atomic E-state index is -3.73. The van der Waals surface area contributed by atoms with Gasteiger partial charge in [0.15, 0.2) is 0 Å². The molecule has 0 atom stereocenters. The Bertz CT molecular complexity index is 1140. The monoisotopic (exact) mass is 480 g/mol. The van der Waals surface area contributed by atoms with Crippen LogP contribution in [0.5, 0.6) is 0 Å². The van der Waals surface area contributed by atoms with Gasteiger partial charge in [0.2, 0.25) is 10.0 Å². The quantitative estimate of drug-likeness (QED) is 0.483. The topological polar surface area (TPSA) is 112 Å². The van der Waals surface area contributed by atoms with Gasteiger partial charge in [0, 0.05) is 30.0 Å². The first-order chi connectivity index (χ1) is 14.8. The summed E-state index contributed by atoms with van der Waals surface area (Å²) in [6, 6.07) is 12.4. The highest BCUT2D eigenvalue weighted by atomic mass is 35.5. The normalized spacial score (nSPS) is 15.2. The number of nitrogens with one attached hydrogen (secondary N) is 2. The van der Waals surface area contributed by atoms with E-state index in [2.05, 4.69) is 10.6 Å². The first-order valence-corrected chi connectivity index (χ1v) is 11.3. The molecule has 1 fully saturated rings. The first-order valence-electron chi connectivity index (χ1n) is 9.12. The molecule has 0 aromatic heterocycles. The van der Waals surface area contributed by atoms with E-state index in [0.29, 0.717) is 23.9 Å². The van der Waals surface area contributed by atoms with E-state index in [1.54, 1.807) is 30.3 Å². The third-order valence-corrected chi connectivity index (χ3v) is 6.86. The molecule has 0 saturated carbocycles. The van der Waals surface area contributed by atoms with Gasteiger partial charge >= 0.3 is 0 Å². The van der Waals surface area contributed by atoms with Crippen LogP contribution in [0.3, 0.4) is 0 Å². The van der Waals surface area contributed by atoms with Crippen molar-refractivity contribution in [1.82, 2.24) is 4.31 Å². The number of ether oxygens (including phenoxy) is 1. The molecule has 162 valence electrons. The van der Waals surface area contributed by atoms with Crippen molar-refractivity contribution in [2.45, 2.75) is 4.90 Å². The molecule has 2 N–H and O–H groups in total. The van der Waals surface area contributed by atoms with Gasteiger partial charge in [-0.05, 0) is 42.5 Å². The second-order valence-corrected chi connectivity index (χ2v) is 9.21. The van der Waals surface area contributed by atoms with Crippen molar-refractivity contribution in [2.75, 3.05) is 36.9 Å². The Morgan fingerprint density at radius 3 is 2.45 bits per heavy atom. The molecule has 2 aromatic rings. The van der Waals surface area contributed by atoms with Crippen molar-refractivity contribution in [3.8, 4) is 6.07 Å². The molecule has 0 radical (unpaired) electrons. The smallest absolute Gasteiger partial charge is 0.267 e. The highest BCUT2D eigenvalue weighted by Gasteiger charge is 2.26. The van der Waals surface area contributed by atoms with Crippen LogP contribution in [0.2, 0.25) is 10.0 Å². The molecule has 8 nitrogen and oxygen atoms in total. The summed E-state index contributed by atoms with van der Waals surface area (Å²) < 4.78 is 32.2. The number of sulfonamides is 1. The zero-order valence-electron chi connectivity index (χ0n) is 16.1. The molecule has 0 spiro atoms. The molecule has 0 bridgehead atoms. The van der Waals surface area contributed by atoms with Gasteiger partial charge in [-0.1, -0.05) is 23.2 Å². The SMILES string of the molecule is N#C/C(=C/Nc1cc(S(=O)(=O)N2CCOCC2)ccc1Cl)C(=O)Nc1ccc(Cl)cc1. The van der Waals surface area contributed by atoms with E-state index in [0.717, 1.165) is 6.20 Å². The zero-order chi connectivity index (χ0) is 22.4. The van der Waals surface area contributed by atoms with Gasteiger partial charge in [0.25, 0.3) is 5.91 Å². The molecule has 2 aromatic carbocycles. The maximum absolute atomic E-state index is 12.8. The minimum absolute atomic E-state index is 0.0406. The van der Waals surface area contributed by atoms with Crippen molar-refractivity contribution in [1.29, 1.82) is 5.26 Å². The highest BCUT2D eigenvalue weighted by molar-refractivity contribution is 7.89. The van der Waals surface area contributed by atoms with Crippen LogP contribution in [0.1, 0.15) is 0 Å². The predicted molar refractivity (Wildman–Crippen MR) is 118 cm³/mol. The molecule has 1 amide bonds. The standard InChI is InChI=1S/C20H18Cl2N4O4S/c21-15-1-3-16(4-2-15)25-20(27)14(12-23)13-24-19-11-17(5-6-18(19)22)31(28,29)26-7-9-30-10-8-26/h1-6,11,13,24H,7-10H2,(H,25,27)/b14-13-. The van der Waals surface area contributed by atoms with E-state index >= 15 is 0 Å². The van der Waals surface area contributed by atoms with E-state index in [1.807, 2.05) is 0 Å². The summed E-state index contributed by atoms with van der Waals surface area (Å²) in [5, 5.41) is 15.4. The summed E-state index contributed by atoms with van der Waals surface area (Å²) >= 11 is 12.0. The molecule has 0 unspecified atom stereocenters. The lowest BCUT2D eigenvalue weighted by atomic mass is 10.2. The number of nitriles is 1. The van der Waals surface area contributed by atoms with Gasteiger partial charge in [-0.3, -0.25) is 4.79 Å². The maximum Gasteiger partial charge on any atom is 0.267 e. The Kier molecular flexibility index (Phi) is 7.54. The van der Waals surface area contributed by atoms with Gasteiger partial charge < -0.3 is 15.4 Å². The summed E-state index contributed by atoms with van der Waals surface area (Å²) in [5.74, 6) is -0.648. The van der Waals surface area contributed by atoms with Crippen LogP contribution in [-0.2, 0) is 19.6 Å². The third-order valence-electron chi connectivity index (χ3n) is 4.38. The van der Waals surface area contributed by atoms with Crippen molar-refractivity contribution in [3.63, 3.8) is 0 Å². The van der Waals surface area contributed by atoms with Crippen LogP contribution >= 0.6 is 23.2 Å². The van der Waals surface area contributed by atoms with Crippen LogP contribution in [0.15, 0.2) is 59.1 Å². The number of halogens is 2. The van der Waals surface area contributed by atoms with E-state index < -0.39 is 15.9 Å². The van der Waals surface area contributed by atoms with Gasteiger partial charge in [0.1, 0.15) is 11.6 Å². The summed E-state index contributed by atoms with van der Waals surface area (Å²) in [6.45, 7) is 1.18. The molecule has 11 heteroatoms.